The fourth-order valence-corrected chi connectivity index (χ4v) is 3.77. The minimum absolute atomic E-state index is 0.362. The quantitative estimate of drug-likeness (QED) is 0.927. The third-order valence-corrected chi connectivity index (χ3v) is 5.21. The van der Waals surface area contributed by atoms with Gasteiger partial charge in [-0.2, -0.15) is 0 Å². The second-order valence-corrected chi connectivity index (χ2v) is 7.31. The van der Waals surface area contributed by atoms with Crippen LogP contribution in [-0.2, 0) is 0 Å². The van der Waals surface area contributed by atoms with E-state index in [1.165, 1.54) is 43.5 Å². The molecule has 0 amide bonds. The predicted octanol–water partition coefficient (Wildman–Crippen LogP) is 3.58. The summed E-state index contributed by atoms with van der Waals surface area (Å²) in [6.45, 7) is 6.55. The summed E-state index contributed by atoms with van der Waals surface area (Å²) in [6, 6.07) is 0.362. The highest BCUT2D eigenvalue weighted by atomic mass is 15.2. The first-order chi connectivity index (χ1) is 10.6. The Morgan fingerprint density at radius 1 is 1.09 bits per heavy atom. The first-order valence-electron chi connectivity index (χ1n) is 9.02. The predicted molar refractivity (Wildman–Crippen MR) is 91.4 cm³/mol. The van der Waals surface area contributed by atoms with Crippen molar-refractivity contribution in [3.63, 3.8) is 0 Å². The van der Waals surface area contributed by atoms with Gasteiger partial charge in [0.1, 0.15) is 5.82 Å². The normalized spacial score (nSPS) is 21.5. The third kappa shape index (κ3) is 3.43. The molecule has 0 unspecified atom stereocenters. The molecule has 0 aromatic carbocycles. The van der Waals surface area contributed by atoms with Crippen molar-refractivity contribution in [3.8, 4) is 0 Å². The number of nitrogens with two attached hydrogens (primary N) is 1. The molecule has 4 nitrogen and oxygen atoms in total. The Kier molecular flexibility index (Phi) is 4.97. The van der Waals surface area contributed by atoms with E-state index in [1.54, 1.807) is 0 Å². The molecule has 1 aromatic heterocycles. The van der Waals surface area contributed by atoms with E-state index < -0.39 is 0 Å². The fraction of sp³-hybridized carbons (Fsp3) is 0.778. The topological polar surface area (TPSA) is 55.0 Å². The highest BCUT2D eigenvalue weighted by molar-refractivity contribution is 5.51. The van der Waals surface area contributed by atoms with Gasteiger partial charge in [-0.15, -0.1) is 0 Å². The van der Waals surface area contributed by atoms with Crippen LogP contribution >= 0.6 is 0 Å². The van der Waals surface area contributed by atoms with E-state index in [0.29, 0.717) is 17.9 Å². The Morgan fingerprint density at radius 2 is 1.77 bits per heavy atom. The first-order valence-corrected chi connectivity index (χ1v) is 9.02. The minimum atomic E-state index is 0.362. The zero-order valence-electron chi connectivity index (χ0n) is 14.1. The molecule has 122 valence electrons. The summed E-state index contributed by atoms with van der Waals surface area (Å²) in [7, 11) is 0. The number of rotatable bonds is 3. The number of nitrogens with zero attached hydrogens (tertiary/aromatic N) is 3. The van der Waals surface area contributed by atoms with Crippen LogP contribution in [0.1, 0.15) is 82.1 Å². The Labute approximate surface area is 134 Å². The summed E-state index contributed by atoms with van der Waals surface area (Å²) < 4.78 is 0. The summed E-state index contributed by atoms with van der Waals surface area (Å²) >= 11 is 0. The van der Waals surface area contributed by atoms with Crippen LogP contribution in [0, 0.1) is 0 Å². The van der Waals surface area contributed by atoms with Crippen molar-refractivity contribution in [2.24, 2.45) is 5.73 Å². The van der Waals surface area contributed by atoms with Crippen LogP contribution in [0.15, 0.2) is 6.20 Å². The minimum Gasteiger partial charge on any atom is -0.369 e. The highest BCUT2D eigenvalue weighted by Crippen LogP contribution is 2.33. The molecule has 1 aliphatic heterocycles. The molecule has 2 N–H and O–H groups in total. The van der Waals surface area contributed by atoms with Crippen LogP contribution in [0.25, 0.3) is 0 Å². The molecule has 2 heterocycles. The van der Waals surface area contributed by atoms with Crippen molar-refractivity contribution < 1.29 is 0 Å². The van der Waals surface area contributed by atoms with E-state index in [9.17, 15) is 0 Å². The second-order valence-electron chi connectivity index (χ2n) is 7.31. The van der Waals surface area contributed by atoms with E-state index >= 15 is 0 Å². The molecule has 3 rings (SSSR count). The van der Waals surface area contributed by atoms with Gasteiger partial charge < -0.3 is 10.6 Å². The molecule has 1 aliphatic carbocycles. The van der Waals surface area contributed by atoms with Crippen LogP contribution in [0.2, 0.25) is 0 Å². The Morgan fingerprint density at radius 3 is 2.41 bits per heavy atom. The van der Waals surface area contributed by atoms with E-state index in [-0.39, 0.29) is 0 Å². The lowest BCUT2D eigenvalue weighted by molar-refractivity contribution is 0.426. The van der Waals surface area contributed by atoms with Crippen molar-refractivity contribution in [2.45, 2.75) is 76.7 Å². The van der Waals surface area contributed by atoms with Gasteiger partial charge in [0.2, 0.25) is 0 Å². The Balaban J connectivity index is 1.83. The SMILES string of the molecule is CC(C)c1nc(C2CCCCC2)ncc1N1CCC(N)CC1. The van der Waals surface area contributed by atoms with Gasteiger partial charge >= 0.3 is 0 Å². The molecule has 4 heteroatoms. The van der Waals surface area contributed by atoms with Crippen LogP contribution in [0.4, 0.5) is 5.69 Å². The average Bonchev–Trinajstić information content (AvgIpc) is 2.56. The number of piperidine rings is 1. The number of aromatic nitrogens is 2. The maximum atomic E-state index is 6.04. The number of hydrogen-bond donors (Lipinski definition) is 1. The summed E-state index contributed by atoms with van der Waals surface area (Å²) in [6.07, 6.45) is 10.8. The lowest BCUT2D eigenvalue weighted by atomic mass is 9.88. The molecule has 22 heavy (non-hydrogen) atoms. The van der Waals surface area contributed by atoms with E-state index in [2.05, 4.69) is 24.9 Å². The lowest BCUT2D eigenvalue weighted by Crippen LogP contribution is -2.40. The molecule has 1 aromatic rings. The average molecular weight is 302 g/mol. The summed E-state index contributed by atoms with van der Waals surface area (Å²) in [5.41, 5.74) is 8.50. The maximum absolute atomic E-state index is 6.04. The Bertz CT molecular complexity index is 486. The van der Waals surface area contributed by atoms with E-state index in [4.69, 9.17) is 15.7 Å². The summed E-state index contributed by atoms with van der Waals surface area (Å²) in [5.74, 6) is 2.10. The van der Waals surface area contributed by atoms with E-state index in [0.717, 1.165) is 31.8 Å². The summed E-state index contributed by atoms with van der Waals surface area (Å²) in [4.78, 5) is 12.2. The molecular formula is C18H30N4. The molecule has 0 bridgehead atoms. The standard InChI is InChI=1S/C18H30N4/c1-13(2)17-16(22-10-8-15(19)9-11-22)12-20-18(21-17)14-6-4-3-5-7-14/h12-15H,3-11,19H2,1-2H3. The van der Waals surface area contributed by atoms with Gasteiger partial charge in [0.05, 0.1) is 17.6 Å². The second kappa shape index (κ2) is 6.95. The van der Waals surface area contributed by atoms with Gasteiger partial charge in [0.15, 0.2) is 0 Å². The molecule has 0 spiro atoms. The molecule has 0 atom stereocenters. The van der Waals surface area contributed by atoms with Crippen LogP contribution in [-0.4, -0.2) is 29.1 Å². The molecule has 1 saturated heterocycles. The molecule has 1 saturated carbocycles. The largest absolute Gasteiger partial charge is 0.369 e. The highest BCUT2D eigenvalue weighted by Gasteiger charge is 2.24. The van der Waals surface area contributed by atoms with Crippen molar-refractivity contribution in [1.82, 2.24) is 9.97 Å². The third-order valence-electron chi connectivity index (χ3n) is 5.21. The van der Waals surface area contributed by atoms with Gasteiger partial charge in [-0.05, 0) is 31.6 Å². The van der Waals surface area contributed by atoms with Gasteiger partial charge in [-0.25, -0.2) is 9.97 Å². The van der Waals surface area contributed by atoms with Crippen molar-refractivity contribution >= 4 is 5.69 Å². The van der Waals surface area contributed by atoms with Crippen LogP contribution in [0.3, 0.4) is 0 Å². The number of anilines is 1. The zero-order valence-corrected chi connectivity index (χ0v) is 14.1. The maximum Gasteiger partial charge on any atom is 0.131 e. The molecule has 2 aliphatic rings. The lowest BCUT2D eigenvalue weighted by Gasteiger charge is -2.33. The van der Waals surface area contributed by atoms with Crippen molar-refractivity contribution in [2.75, 3.05) is 18.0 Å². The van der Waals surface area contributed by atoms with Gasteiger partial charge in [0.25, 0.3) is 0 Å². The molecular weight excluding hydrogens is 272 g/mol. The van der Waals surface area contributed by atoms with Crippen molar-refractivity contribution in [1.29, 1.82) is 0 Å². The fourth-order valence-electron chi connectivity index (χ4n) is 3.77. The first kappa shape index (κ1) is 15.7. The smallest absolute Gasteiger partial charge is 0.131 e. The Hall–Kier alpha value is -1.16. The van der Waals surface area contributed by atoms with Gasteiger partial charge in [0, 0.05) is 25.0 Å². The van der Waals surface area contributed by atoms with Crippen LogP contribution in [0.5, 0.6) is 0 Å². The molecule has 0 radical (unpaired) electrons. The van der Waals surface area contributed by atoms with Gasteiger partial charge in [-0.1, -0.05) is 33.1 Å². The van der Waals surface area contributed by atoms with Gasteiger partial charge in [-0.3, -0.25) is 0 Å². The van der Waals surface area contributed by atoms with E-state index in [1.807, 2.05) is 0 Å². The van der Waals surface area contributed by atoms with Crippen LogP contribution < -0.4 is 10.6 Å². The monoisotopic (exact) mass is 302 g/mol. The zero-order chi connectivity index (χ0) is 15.5. The molecule has 2 fully saturated rings. The number of hydrogen-bond acceptors (Lipinski definition) is 4. The van der Waals surface area contributed by atoms with Crippen molar-refractivity contribution in [3.05, 3.63) is 17.7 Å². The summed E-state index contributed by atoms with van der Waals surface area (Å²) in [5, 5.41) is 0.